The molecule has 1 aliphatic heterocycles. The van der Waals surface area contributed by atoms with Crippen LogP contribution in [0.3, 0.4) is 0 Å². The second kappa shape index (κ2) is 4.09. The number of aromatic nitrogens is 2. The summed E-state index contributed by atoms with van der Waals surface area (Å²) < 4.78 is 1.53. The van der Waals surface area contributed by atoms with E-state index in [4.69, 9.17) is 0 Å². The lowest BCUT2D eigenvalue weighted by atomic mass is 9.98. The maximum atomic E-state index is 11.9. The molecule has 0 atom stereocenters. The zero-order chi connectivity index (χ0) is 14.4. The Morgan fingerprint density at radius 1 is 1.42 bits per heavy atom. The van der Waals surface area contributed by atoms with E-state index < -0.39 is 5.54 Å². The van der Waals surface area contributed by atoms with Gasteiger partial charge in [-0.15, -0.1) is 0 Å². The molecule has 7 nitrogen and oxygen atoms in total. The molecule has 2 heterocycles. The topological polar surface area (TPSA) is 91.0 Å². The van der Waals surface area contributed by atoms with Crippen LogP contribution in [-0.4, -0.2) is 33.7 Å². The minimum Gasteiger partial charge on any atom is -0.332 e. The summed E-state index contributed by atoms with van der Waals surface area (Å²) in [5.74, 6) is -0.272. The van der Waals surface area contributed by atoms with E-state index in [9.17, 15) is 14.9 Å². The van der Waals surface area contributed by atoms with Crippen LogP contribution in [0, 0.1) is 18.3 Å². The summed E-state index contributed by atoms with van der Waals surface area (Å²) in [6, 6.07) is 2.08. The van der Waals surface area contributed by atoms with Gasteiger partial charge >= 0.3 is 0 Å². The van der Waals surface area contributed by atoms with Gasteiger partial charge in [0.1, 0.15) is 23.0 Å². The summed E-state index contributed by atoms with van der Waals surface area (Å²) in [6.07, 6.45) is 0. The lowest BCUT2D eigenvalue weighted by Crippen LogP contribution is -2.64. The van der Waals surface area contributed by atoms with E-state index in [1.807, 2.05) is 0 Å². The van der Waals surface area contributed by atoms with Gasteiger partial charge in [-0.1, -0.05) is 0 Å². The molecule has 0 aliphatic carbocycles. The molecule has 0 spiro atoms. The highest BCUT2D eigenvalue weighted by Gasteiger charge is 2.43. The Bertz CT molecular complexity index is 608. The Labute approximate surface area is 110 Å². The number of rotatable bonds is 1. The highest BCUT2D eigenvalue weighted by atomic mass is 16.2. The second-order valence-electron chi connectivity index (χ2n) is 5.04. The summed E-state index contributed by atoms with van der Waals surface area (Å²) in [5, 5.41) is 15.7. The molecule has 0 aromatic carbocycles. The Balaban J connectivity index is 2.60. The van der Waals surface area contributed by atoms with Crippen LogP contribution < -0.4 is 10.2 Å². The number of carbonyl (C=O) groups is 2. The van der Waals surface area contributed by atoms with Gasteiger partial charge in [-0.2, -0.15) is 10.4 Å². The first kappa shape index (κ1) is 13.1. The van der Waals surface area contributed by atoms with Crippen molar-refractivity contribution in [1.82, 2.24) is 15.1 Å². The number of nitriles is 1. The van der Waals surface area contributed by atoms with E-state index in [2.05, 4.69) is 16.5 Å². The highest BCUT2D eigenvalue weighted by molar-refractivity contribution is 6.06. The molecule has 1 aliphatic rings. The third-order valence-electron chi connectivity index (χ3n) is 3.34. The molecule has 7 heteroatoms. The van der Waals surface area contributed by atoms with E-state index in [1.54, 1.807) is 32.7 Å². The van der Waals surface area contributed by atoms with Crippen LogP contribution in [0.15, 0.2) is 0 Å². The fourth-order valence-corrected chi connectivity index (χ4v) is 2.21. The number of anilines is 1. The number of aryl methyl sites for hydroxylation is 2. The number of nitrogens with zero attached hydrogens (tertiary/aromatic N) is 4. The van der Waals surface area contributed by atoms with Crippen molar-refractivity contribution in [3.05, 3.63) is 11.3 Å². The molecular formula is C12H15N5O2. The zero-order valence-electron chi connectivity index (χ0n) is 11.3. The first-order valence-corrected chi connectivity index (χ1v) is 5.84. The molecular weight excluding hydrogens is 246 g/mol. The summed E-state index contributed by atoms with van der Waals surface area (Å²) >= 11 is 0. The molecule has 0 bridgehead atoms. The molecule has 0 saturated carbocycles. The molecule has 2 rings (SSSR count). The van der Waals surface area contributed by atoms with E-state index in [-0.39, 0.29) is 18.4 Å². The number of imide groups is 1. The SMILES string of the molecule is Cc1nn(C)c(N2CC(=O)NC(=O)C2(C)C)c1C#N. The Morgan fingerprint density at radius 2 is 2.05 bits per heavy atom. The third kappa shape index (κ3) is 1.85. The van der Waals surface area contributed by atoms with Gasteiger partial charge in [-0.05, 0) is 20.8 Å². The summed E-state index contributed by atoms with van der Waals surface area (Å²) in [7, 11) is 1.69. The fraction of sp³-hybridized carbons (Fsp3) is 0.500. The predicted octanol–water partition coefficient (Wildman–Crippen LogP) is -0.158. The third-order valence-corrected chi connectivity index (χ3v) is 3.34. The van der Waals surface area contributed by atoms with Crippen molar-refractivity contribution in [2.45, 2.75) is 26.3 Å². The molecule has 1 aromatic heterocycles. The predicted molar refractivity (Wildman–Crippen MR) is 67.2 cm³/mol. The van der Waals surface area contributed by atoms with E-state index in [0.29, 0.717) is 17.1 Å². The molecule has 0 unspecified atom stereocenters. The van der Waals surface area contributed by atoms with Gasteiger partial charge in [0.25, 0.3) is 5.91 Å². The van der Waals surface area contributed by atoms with Crippen molar-refractivity contribution in [2.24, 2.45) is 7.05 Å². The number of hydrogen-bond donors (Lipinski definition) is 1. The van der Waals surface area contributed by atoms with Gasteiger partial charge in [0.15, 0.2) is 0 Å². The van der Waals surface area contributed by atoms with Crippen LogP contribution in [0.25, 0.3) is 0 Å². The van der Waals surface area contributed by atoms with Gasteiger partial charge in [-0.25, -0.2) is 0 Å². The zero-order valence-corrected chi connectivity index (χ0v) is 11.3. The van der Waals surface area contributed by atoms with Crippen LogP contribution in [-0.2, 0) is 16.6 Å². The van der Waals surface area contributed by atoms with Gasteiger partial charge in [-0.3, -0.25) is 19.6 Å². The maximum Gasteiger partial charge on any atom is 0.251 e. The molecule has 19 heavy (non-hydrogen) atoms. The standard InChI is InChI=1S/C12H15N5O2/c1-7-8(5-13)10(16(4)15-7)17-6-9(18)14-11(19)12(17,2)3/h6H2,1-4H3,(H,14,18,19). The monoisotopic (exact) mass is 261 g/mol. The average molecular weight is 261 g/mol. The number of nitrogens with one attached hydrogen (secondary N) is 1. The van der Waals surface area contributed by atoms with Gasteiger partial charge in [0, 0.05) is 7.05 Å². The summed E-state index contributed by atoms with van der Waals surface area (Å²) in [4.78, 5) is 25.1. The van der Waals surface area contributed by atoms with E-state index >= 15 is 0 Å². The number of carbonyl (C=O) groups excluding carboxylic acids is 2. The van der Waals surface area contributed by atoms with Crippen molar-refractivity contribution >= 4 is 17.6 Å². The van der Waals surface area contributed by atoms with E-state index in [0.717, 1.165) is 0 Å². The van der Waals surface area contributed by atoms with Crippen molar-refractivity contribution in [3.63, 3.8) is 0 Å². The second-order valence-corrected chi connectivity index (χ2v) is 5.04. The molecule has 1 N–H and O–H groups in total. The first-order valence-electron chi connectivity index (χ1n) is 5.84. The van der Waals surface area contributed by atoms with Gasteiger partial charge < -0.3 is 4.90 Å². The Kier molecular flexibility index (Phi) is 2.81. The van der Waals surface area contributed by atoms with Crippen LogP contribution in [0.4, 0.5) is 5.82 Å². The fourth-order valence-electron chi connectivity index (χ4n) is 2.21. The highest BCUT2D eigenvalue weighted by Crippen LogP contribution is 2.30. The maximum absolute atomic E-state index is 11.9. The largest absolute Gasteiger partial charge is 0.332 e. The number of hydrogen-bond acceptors (Lipinski definition) is 5. The molecule has 1 fully saturated rings. The smallest absolute Gasteiger partial charge is 0.251 e. The summed E-state index contributed by atoms with van der Waals surface area (Å²) in [6.45, 7) is 5.16. The van der Waals surface area contributed by atoms with E-state index in [1.165, 1.54) is 4.68 Å². The van der Waals surface area contributed by atoms with Gasteiger partial charge in [0.2, 0.25) is 5.91 Å². The van der Waals surface area contributed by atoms with Gasteiger partial charge in [0.05, 0.1) is 12.2 Å². The van der Waals surface area contributed by atoms with Crippen LogP contribution in [0.5, 0.6) is 0 Å². The minimum atomic E-state index is -0.917. The Morgan fingerprint density at radius 3 is 2.63 bits per heavy atom. The first-order chi connectivity index (χ1) is 8.78. The van der Waals surface area contributed by atoms with Crippen molar-refractivity contribution in [1.29, 1.82) is 5.26 Å². The van der Waals surface area contributed by atoms with Crippen molar-refractivity contribution in [2.75, 3.05) is 11.4 Å². The van der Waals surface area contributed by atoms with Crippen molar-refractivity contribution < 1.29 is 9.59 Å². The molecule has 0 radical (unpaired) electrons. The minimum absolute atomic E-state index is 0.0202. The lowest BCUT2D eigenvalue weighted by molar-refractivity contribution is -0.135. The van der Waals surface area contributed by atoms with Crippen LogP contribution in [0.1, 0.15) is 25.1 Å². The Hall–Kier alpha value is -2.36. The number of piperazine rings is 1. The lowest BCUT2D eigenvalue weighted by Gasteiger charge is -2.41. The number of amides is 2. The van der Waals surface area contributed by atoms with Crippen molar-refractivity contribution in [3.8, 4) is 6.07 Å². The van der Waals surface area contributed by atoms with Crippen LogP contribution in [0.2, 0.25) is 0 Å². The molecule has 100 valence electrons. The quantitative estimate of drug-likeness (QED) is 0.709. The molecule has 1 saturated heterocycles. The molecule has 2 amide bonds. The normalized spacial score (nSPS) is 18.2. The average Bonchev–Trinajstić information content (AvgIpc) is 2.58. The summed E-state index contributed by atoms with van der Waals surface area (Å²) in [5.41, 5.74) is 0.0482. The molecule has 1 aromatic rings. The van der Waals surface area contributed by atoms with Crippen LogP contribution >= 0.6 is 0 Å².